The van der Waals surface area contributed by atoms with Gasteiger partial charge in [-0.25, -0.2) is 9.89 Å². The molecule has 0 spiro atoms. The van der Waals surface area contributed by atoms with Crippen LogP contribution in [0.3, 0.4) is 0 Å². The van der Waals surface area contributed by atoms with Crippen molar-refractivity contribution < 1.29 is 24.2 Å². The van der Waals surface area contributed by atoms with Gasteiger partial charge in [-0.2, -0.15) is 4.98 Å². The molecule has 1 aromatic heterocycles. The quantitative estimate of drug-likeness (QED) is 0.575. The Hall–Kier alpha value is -2.16. The van der Waals surface area contributed by atoms with Crippen molar-refractivity contribution >= 4 is 17.8 Å². The van der Waals surface area contributed by atoms with Crippen molar-refractivity contribution in [3.8, 4) is 6.01 Å². The van der Waals surface area contributed by atoms with Gasteiger partial charge in [-0.05, 0) is 6.92 Å². The lowest BCUT2D eigenvalue weighted by Crippen LogP contribution is -2.21. The molecule has 0 fully saturated rings. The van der Waals surface area contributed by atoms with Crippen molar-refractivity contribution in [2.45, 2.75) is 6.92 Å². The minimum Gasteiger partial charge on any atom is -0.480 e. The number of rotatable bonds is 7. The average molecular weight is 244 g/mol. The first-order chi connectivity index (χ1) is 8.11. The lowest BCUT2D eigenvalue weighted by molar-refractivity contribution is -0.143. The zero-order chi connectivity index (χ0) is 12.7. The molecule has 9 heteroatoms. The van der Waals surface area contributed by atoms with Gasteiger partial charge >= 0.3 is 12.0 Å². The Morgan fingerprint density at radius 2 is 2.24 bits per heavy atom. The third-order valence-corrected chi connectivity index (χ3v) is 1.45. The van der Waals surface area contributed by atoms with Crippen LogP contribution in [0.1, 0.15) is 6.92 Å². The second kappa shape index (κ2) is 6.43. The number of H-pyrrole nitrogens is 1. The normalized spacial score (nSPS) is 9.94. The zero-order valence-electron chi connectivity index (χ0n) is 9.10. The number of hydrogen-bond acceptors (Lipinski definition) is 6. The van der Waals surface area contributed by atoms with Gasteiger partial charge in [0.15, 0.2) is 0 Å². The summed E-state index contributed by atoms with van der Waals surface area (Å²) >= 11 is 0. The predicted octanol–water partition coefficient (Wildman–Crippen LogP) is -0.757. The van der Waals surface area contributed by atoms with Gasteiger partial charge in [-0.15, -0.1) is 5.10 Å². The molecule has 0 saturated carbocycles. The van der Waals surface area contributed by atoms with E-state index in [2.05, 4.69) is 25.2 Å². The summed E-state index contributed by atoms with van der Waals surface area (Å²) in [4.78, 5) is 25.1. The number of amides is 1. The van der Waals surface area contributed by atoms with E-state index in [0.29, 0.717) is 6.61 Å². The molecule has 9 nitrogen and oxygen atoms in total. The zero-order valence-corrected chi connectivity index (χ0v) is 9.10. The number of anilines is 1. The molecule has 17 heavy (non-hydrogen) atoms. The lowest BCUT2D eigenvalue weighted by atomic mass is 10.6. The van der Waals surface area contributed by atoms with Crippen LogP contribution in [0.5, 0.6) is 6.01 Å². The molecular formula is C8H12N4O5. The Kier molecular flexibility index (Phi) is 4.88. The van der Waals surface area contributed by atoms with Crippen LogP contribution in [0, 0.1) is 0 Å². The maximum absolute atomic E-state index is 11.2. The number of carbonyl (C=O) groups is 2. The van der Waals surface area contributed by atoms with Crippen LogP contribution in [0.25, 0.3) is 0 Å². The monoisotopic (exact) mass is 244 g/mol. The summed E-state index contributed by atoms with van der Waals surface area (Å²) < 4.78 is 9.55. The van der Waals surface area contributed by atoms with Crippen LogP contribution in [0.2, 0.25) is 0 Å². The summed E-state index contributed by atoms with van der Waals surface area (Å²) in [5, 5.41) is 16.7. The van der Waals surface area contributed by atoms with Gasteiger partial charge in [-0.1, -0.05) is 0 Å². The smallest absolute Gasteiger partial charge is 0.337 e. The number of nitrogens with zero attached hydrogens (tertiary/aromatic N) is 2. The highest BCUT2D eigenvalue weighted by Crippen LogP contribution is 2.04. The third-order valence-electron chi connectivity index (χ3n) is 1.45. The fraction of sp³-hybridized carbons (Fsp3) is 0.500. The molecule has 1 rings (SSSR count). The number of aromatic amines is 1. The number of nitrogens with one attached hydrogen (secondary N) is 2. The molecule has 1 amide bonds. The summed E-state index contributed by atoms with van der Waals surface area (Å²) in [5.41, 5.74) is 0. The molecule has 0 bridgehead atoms. The second-order valence-electron chi connectivity index (χ2n) is 2.83. The van der Waals surface area contributed by atoms with Gasteiger partial charge in [0, 0.05) is 0 Å². The standard InChI is InChI=1S/C8H12N4O5/c1-2-17-8-10-7(11-12-8)9-5(13)3-16-4-6(14)15/h2-4H2,1H3,(H,14,15)(H2,9,10,11,12,13). The van der Waals surface area contributed by atoms with Crippen molar-refractivity contribution in [2.75, 3.05) is 25.1 Å². The fourth-order valence-corrected chi connectivity index (χ4v) is 0.895. The number of carboxylic acids is 1. The SMILES string of the molecule is CCOc1n[nH]c(NC(=O)COCC(=O)O)n1. The largest absolute Gasteiger partial charge is 0.480 e. The average Bonchev–Trinajstić information content (AvgIpc) is 2.65. The van der Waals surface area contributed by atoms with Crippen LogP contribution in [-0.2, 0) is 14.3 Å². The molecule has 0 aromatic carbocycles. The van der Waals surface area contributed by atoms with Gasteiger partial charge in [0.25, 0.3) is 5.91 Å². The first-order valence-electron chi connectivity index (χ1n) is 4.76. The first kappa shape index (κ1) is 12.9. The van der Waals surface area contributed by atoms with Crippen LogP contribution in [0.15, 0.2) is 0 Å². The third kappa shape index (κ3) is 4.93. The minimum atomic E-state index is -1.14. The molecule has 0 radical (unpaired) electrons. The molecule has 0 aliphatic rings. The van der Waals surface area contributed by atoms with E-state index in [1.807, 2.05) is 0 Å². The highest BCUT2D eigenvalue weighted by Gasteiger charge is 2.08. The van der Waals surface area contributed by atoms with Gasteiger partial charge in [-0.3, -0.25) is 10.1 Å². The van der Waals surface area contributed by atoms with Crippen LogP contribution in [-0.4, -0.2) is 52.0 Å². The molecule has 3 N–H and O–H groups in total. The summed E-state index contributed by atoms with van der Waals surface area (Å²) in [6.07, 6.45) is 0. The Morgan fingerprint density at radius 1 is 1.47 bits per heavy atom. The summed E-state index contributed by atoms with van der Waals surface area (Å²) in [6, 6.07) is 0.120. The number of ether oxygens (including phenoxy) is 2. The molecule has 0 unspecified atom stereocenters. The topological polar surface area (TPSA) is 126 Å². The Labute approximate surface area is 96.1 Å². The number of hydrogen-bond donors (Lipinski definition) is 3. The van der Waals surface area contributed by atoms with E-state index in [4.69, 9.17) is 9.84 Å². The number of carbonyl (C=O) groups excluding carboxylic acids is 1. The van der Waals surface area contributed by atoms with E-state index in [-0.39, 0.29) is 18.6 Å². The molecule has 1 heterocycles. The van der Waals surface area contributed by atoms with Crippen LogP contribution in [0.4, 0.5) is 5.95 Å². The van der Waals surface area contributed by atoms with E-state index < -0.39 is 18.5 Å². The lowest BCUT2D eigenvalue weighted by Gasteiger charge is -2.00. The molecule has 0 saturated heterocycles. The van der Waals surface area contributed by atoms with Crippen molar-refractivity contribution in [3.05, 3.63) is 0 Å². The summed E-state index contributed by atoms with van der Waals surface area (Å²) in [7, 11) is 0. The van der Waals surface area contributed by atoms with Crippen molar-refractivity contribution in [1.82, 2.24) is 15.2 Å². The maximum Gasteiger partial charge on any atom is 0.337 e. The van der Waals surface area contributed by atoms with Crippen molar-refractivity contribution in [1.29, 1.82) is 0 Å². The van der Waals surface area contributed by atoms with Crippen LogP contribution < -0.4 is 10.1 Å². The molecule has 94 valence electrons. The second-order valence-corrected chi connectivity index (χ2v) is 2.83. The Balaban J connectivity index is 2.31. The summed E-state index contributed by atoms with van der Waals surface area (Å²) in [6.45, 7) is 1.27. The number of carboxylic acid groups (broad SMARTS) is 1. The highest BCUT2D eigenvalue weighted by molar-refractivity contribution is 5.90. The molecule has 1 aromatic rings. The molecule has 0 aliphatic heterocycles. The van der Waals surface area contributed by atoms with Gasteiger partial charge in [0.1, 0.15) is 13.2 Å². The highest BCUT2D eigenvalue weighted by atomic mass is 16.5. The number of aliphatic carboxylic acids is 1. The summed E-state index contributed by atoms with van der Waals surface area (Å²) in [5.74, 6) is -1.57. The Bertz CT molecular complexity index is 391. The van der Waals surface area contributed by atoms with Crippen LogP contribution >= 0.6 is 0 Å². The maximum atomic E-state index is 11.2. The van der Waals surface area contributed by atoms with Gasteiger partial charge in [0.05, 0.1) is 6.61 Å². The van der Waals surface area contributed by atoms with E-state index in [1.54, 1.807) is 6.92 Å². The molecule has 0 atom stereocenters. The minimum absolute atomic E-state index is 0.109. The van der Waals surface area contributed by atoms with Crippen molar-refractivity contribution in [2.24, 2.45) is 0 Å². The molecular weight excluding hydrogens is 232 g/mol. The van der Waals surface area contributed by atoms with Gasteiger partial charge in [0.2, 0.25) is 5.95 Å². The first-order valence-corrected chi connectivity index (χ1v) is 4.76. The van der Waals surface area contributed by atoms with E-state index >= 15 is 0 Å². The molecule has 0 aliphatic carbocycles. The fourth-order valence-electron chi connectivity index (χ4n) is 0.895. The van der Waals surface area contributed by atoms with Crippen molar-refractivity contribution in [3.63, 3.8) is 0 Å². The Morgan fingerprint density at radius 3 is 2.88 bits per heavy atom. The predicted molar refractivity (Wildman–Crippen MR) is 54.6 cm³/mol. The van der Waals surface area contributed by atoms with E-state index in [9.17, 15) is 9.59 Å². The van der Waals surface area contributed by atoms with E-state index in [1.165, 1.54) is 0 Å². The van der Waals surface area contributed by atoms with Gasteiger partial charge < -0.3 is 14.6 Å². The number of aromatic nitrogens is 3. The van der Waals surface area contributed by atoms with E-state index in [0.717, 1.165) is 0 Å².